The molecule has 0 radical (unpaired) electrons. The van der Waals surface area contributed by atoms with Crippen LogP contribution in [0.3, 0.4) is 0 Å². The van der Waals surface area contributed by atoms with Crippen molar-refractivity contribution in [3.8, 4) is 0 Å². The maximum absolute atomic E-state index is 5.54. The molecule has 0 unspecified atom stereocenters. The van der Waals surface area contributed by atoms with Crippen LogP contribution >= 0.6 is 12.2 Å². The van der Waals surface area contributed by atoms with Crippen molar-refractivity contribution in [1.29, 1.82) is 0 Å². The van der Waals surface area contributed by atoms with Gasteiger partial charge in [-0.05, 0) is 62.2 Å². The zero-order chi connectivity index (χ0) is 13.8. The smallest absolute Gasteiger partial charge is 0.173 e. The highest BCUT2D eigenvalue weighted by Gasteiger charge is 2.16. The summed E-state index contributed by atoms with van der Waals surface area (Å²) in [5.41, 5.74) is 3.73. The Bertz CT molecular complexity index is 430. The Morgan fingerprint density at radius 3 is 2.26 bits per heavy atom. The third-order valence-corrected chi connectivity index (χ3v) is 4.22. The first-order valence-electron chi connectivity index (χ1n) is 7.19. The van der Waals surface area contributed by atoms with Crippen LogP contribution < -0.4 is 10.2 Å². The van der Waals surface area contributed by atoms with E-state index in [0.717, 1.165) is 5.11 Å². The van der Waals surface area contributed by atoms with Crippen molar-refractivity contribution in [2.45, 2.75) is 52.0 Å². The Labute approximate surface area is 122 Å². The lowest BCUT2D eigenvalue weighted by Gasteiger charge is -2.28. The maximum atomic E-state index is 5.54. The summed E-state index contributed by atoms with van der Waals surface area (Å²) in [6.07, 6.45) is 6.53. The van der Waals surface area contributed by atoms with E-state index in [4.69, 9.17) is 12.2 Å². The molecule has 1 saturated carbocycles. The van der Waals surface area contributed by atoms with Crippen molar-refractivity contribution >= 4 is 23.0 Å². The van der Waals surface area contributed by atoms with E-state index < -0.39 is 0 Å². The molecule has 1 aromatic rings. The highest BCUT2D eigenvalue weighted by molar-refractivity contribution is 7.80. The van der Waals surface area contributed by atoms with Gasteiger partial charge in [0.25, 0.3) is 0 Å². The summed E-state index contributed by atoms with van der Waals surface area (Å²) < 4.78 is 0. The van der Waals surface area contributed by atoms with E-state index in [9.17, 15) is 0 Å². The summed E-state index contributed by atoms with van der Waals surface area (Å²) in [4.78, 5) is 2.09. The predicted octanol–water partition coefficient (Wildman–Crippen LogP) is 3.95. The van der Waals surface area contributed by atoms with Gasteiger partial charge < -0.3 is 10.2 Å². The van der Waals surface area contributed by atoms with Crippen molar-refractivity contribution in [3.05, 3.63) is 29.3 Å². The van der Waals surface area contributed by atoms with Crippen LogP contribution in [0, 0.1) is 13.8 Å². The Balaban J connectivity index is 2.01. The van der Waals surface area contributed by atoms with Crippen LogP contribution in [-0.2, 0) is 0 Å². The van der Waals surface area contributed by atoms with Gasteiger partial charge in [-0.25, -0.2) is 0 Å². The fraction of sp³-hybridized carbons (Fsp3) is 0.562. The first-order valence-corrected chi connectivity index (χ1v) is 7.59. The first kappa shape index (κ1) is 14.3. The second-order valence-corrected chi connectivity index (χ2v) is 6.08. The minimum atomic E-state index is 0.564. The Morgan fingerprint density at radius 1 is 1.11 bits per heavy atom. The lowest BCUT2D eigenvalue weighted by molar-refractivity contribution is 0.414. The van der Waals surface area contributed by atoms with E-state index in [-0.39, 0.29) is 0 Å². The van der Waals surface area contributed by atoms with Gasteiger partial charge in [0.1, 0.15) is 0 Å². The third-order valence-electron chi connectivity index (χ3n) is 3.83. The molecule has 3 heteroatoms. The molecule has 1 aromatic carbocycles. The number of hydrogen-bond acceptors (Lipinski definition) is 1. The molecule has 0 aromatic heterocycles. The fourth-order valence-electron chi connectivity index (χ4n) is 2.78. The zero-order valence-electron chi connectivity index (χ0n) is 12.2. The molecule has 1 aliphatic carbocycles. The number of rotatable bonds is 2. The van der Waals surface area contributed by atoms with Gasteiger partial charge in [-0.15, -0.1) is 0 Å². The number of thiocarbonyl (C=S) groups is 1. The van der Waals surface area contributed by atoms with Gasteiger partial charge in [-0.2, -0.15) is 0 Å². The van der Waals surface area contributed by atoms with Gasteiger partial charge in [0.05, 0.1) is 0 Å². The van der Waals surface area contributed by atoms with Crippen molar-refractivity contribution < 1.29 is 0 Å². The lowest BCUT2D eigenvalue weighted by atomic mass is 9.96. The normalized spacial score (nSPS) is 16.2. The maximum Gasteiger partial charge on any atom is 0.173 e. The molecule has 0 atom stereocenters. The zero-order valence-corrected chi connectivity index (χ0v) is 13.0. The minimum Gasteiger partial charge on any atom is -0.360 e. The van der Waals surface area contributed by atoms with E-state index in [1.165, 1.54) is 48.9 Å². The number of hydrogen-bond donors (Lipinski definition) is 1. The van der Waals surface area contributed by atoms with Gasteiger partial charge in [-0.1, -0.05) is 25.3 Å². The molecule has 0 saturated heterocycles. The van der Waals surface area contributed by atoms with Crippen molar-refractivity contribution in [2.24, 2.45) is 0 Å². The van der Waals surface area contributed by atoms with E-state index in [0.29, 0.717) is 6.04 Å². The summed E-state index contributed by atoms with van der Waals surface area (Å²) >= 11 is 5.54. The topological polar surface area (TPSA) is 15.3 Å². The van der Waals surface area contributed by atoms with Gasteiger partial charge in [0.15, 0.2) is 5.11 Å². The average molecular weight is 276 g/mol. The highest BCUT2D eigenvalue weighted by atomic mass is 32.1. The molecule has 0 aliphatic heterocycles. The molecule has 0 spiro atoms. The van der Waals surface area contributed by atoms with E-state index in [1.54, 1.807) is 0 Å². The van der Waals surface area contributed by atoms with Crippen LogP contribution in [-0.4, -0.2) is 18.2 Å². The van der Waals surface area contributed by atoms with Crippen LogP contribution in [0.4, 0.5) is 5.69 Å². The van der Waals surface area contributed by atoms with Gasteiger partial charge in [0.2, 0.25) is 0 Å². The molecule has 0 heterocycles. The molecule has 19 heavy (non-hydrogen) atoms. The average Bonchev–Trinajstić information content (AvgIpc) is 2.37. The first-order chi connectivity index (χ1) is 9.06. The lowest BCUT2D eigenvalue weighted by Crippen LogP contribution is -2.43. The number of benzene rings is 1. The SMILES string of the molecule is Cc1cc(C)cc(N(C)C(=S)NC2CCCCC2)c1. The molecule has 1 fully saturated rings. The van der Waals surface area contributed by atoms with Crippen LogP contribution in [0.1, 0.15) is 43.2 Å². The fourth-order valence-corrected chi connectivity index (χ4v) is 3.05. The number of anilines is 1. The summed E-state index contributed by atoms with van der Waals surface area (Å²) in [7, 11) is 2.05. The molecule has 104 valence electrons. The predicted molar refractivity (Wildman–Crippen MR) is 86.9 cm³/mol. The second-order valence-electron chi connectivity index (χ2n) is 5.69. The monoisotopic (exact) mass is 276 g/mol. The standard InChI is InChI=1S/C16H24N2S/c1-12-9-13(2)11-15(10-12)18(3)16(19)17-14-7-5-4-6-8-14/h9-11,14H,4-8H2,1-3H3,(H,17,19). The van der Waals surface area contributed by atoms with Gasteiger partial charge in [-0.3, -0.25) is 0 Å². The van der Waals surface area contributed by atoms with Crippen LogP contribution in [0.25, 0.3) is 0 Å². The second kappa shape index (κ2) is 6.38. The molecule has 1 aliphatic rings. The number of nitrogens with zero attached hydrogens (tertiary/aromatic N) is 1. The van der Waals surface area contributed by atoms with E-state index in [2.05, 4.69) is 42.3 Å². The third kappa shape index (κ3) is 3.93. The summed E-state index contributed by atoms with van der Waals surface area (Å²) in [5, 5.41) is 4.36. The summed E-state index contributed by atoms with van der Waals surface area (Å²) in [6.45, 7) is 4.25. The van der Waals surface area contributed by atoms with Crippen molar-refractivity contribution in [1.82, 2.24) is 5.32 Å². The Kier molecular flexibility index (Phi) is 4.81. The van der Waals surface area contributed by atoms with Crippen molar-refractivity contribution in [3.63, 3.8) is 0 Å². The molecule has 0 amide bonds. The highest BCUT2D eigenvalue weighted by Crippen LogP contribution is 2.20. The summed E-state index contributed by atoms with van der Waals surface area (Å²) in [5.74, 6) is 0. The van der Waals surface area contributed by atoms with Crippen molar-refractivity contribution in [2.75, 3.05) is 11.9 Å². The minimum absolute atomic E-state index is 0.564. The molecule has 2 nitrogen and oxygen atoms in total. The Morgan fingerprint density at radius 2 is 1.68 bits per heavy atom. The van der Waals surface area contributed by atoms with E-state index >= 15 is 0 Å². The Hall–Kier alpha value is -1.09. The number of nitrogens with one attached hydrogen (secondary N) is 1. The van der Waals surface area contributed by atoms with Gasteiger partial charge >= 0.3 is 0 Å². The molecular formula is C16H24N2S. The van der Waals surface area contributed by atoms with E-state index in [1.807, 2.05) is 7.05 Å². The molecule has 0 bridgehead atoms. The summed E-state index contributed by atoms with van der Waals surface area (Å²) in [6, 6.07) is 7.12. The van der Waals surface area contributed by atoms with Crippen LogP contribution in [0.2, 0.25) is 0 Å². The number of aryl methyl sites for hydroxylation is 2. The van der Waals surface area contributed by atoms with Gasteiger partial charge in [0, 0.05) is 18.8 Å². The quantitative estimate of drug-likeness (QED) is 0.824. The van der Waals surface area contributed by atoms with Crippen LogP contribution in [0.5, 0.6) is 0 Å². The molecule has 1 N–H and O–H groups in total. The van der Waals surface area contributed by atoms with Crippen LogP contribution in [0.15, 0.2) is 18.2 Å². The largest absolute Gasteiger partial charge is 0.360 e. The molecular weight excluding hydrogens is 252 g/mol. The molecule has 2 rings (SSSR count).